The number of hydrogen-bond donors (Lipinski definition) is 3. The summed E-state index contributed by atoms with van der Waals surface area (Å²) < 4.78 is 13.0. The molecule has 27 heavy (non-hydrogen) atoms. The van der Waals surface area contributed by atoms with Crippen molar-refractivity contribution < 1.29 is 18.9 Å². The number of halogens is 1. The van der Waals surface area contributed by atoms with Gasteiger partial charge in [0, 0.05) is 23.5 Å². The summed E-state index contributed by atoms with van der Waals surface area (Å²) in [5.41, 5.74) is 0.737. The molecular weight excluding hydrogens is 357 g/mol. The van der Waals surface area contributed by atoms with Crippen molar-refractivity contribution in [1.82, 2.24) is 5.32 Å². The molecular formula is C17H14FN5O4. The van der Waals surface area contributed by atoms with Crippen LogP contribution in [0.2, 0.25) is 0 Å². The molecule has 0 fully saturated rings. The number of nitrogens with one attached hydrogen (secondary N) is 3. The molecule has 1 atom stereocenters. The van der Waals surface area contributed by atoms with Crippen LogP contribution in [-0.2, 0) is 9.59 Å². The zero-order valence-electron chi connectivity index (χ0n) is 13.8. The Kier molecular flexibility index (Phi) is 5.06. The molecule has 1 aliphatic heterocycles. The molecule has 9 nitrogen and oxygen atoms in total. The number of aliphatic imine (C=N–C) groups is 1. The van der Waals surface area contributed by atoms with Gasteiger partial charge < -0.3 is 10.6 Å². The van der Waals surface area contributed by atoms with Crippen LogP contribution in [0.25, 0.3) is 0 Å². The van der Waals surface area contributed by atoms with Crippen molar-refractivity contribution in [2.75, 3.05) is 10.6 Å². The number of guanidine groups is 1. The van der Waals surface area contributed by atoms with Gasteiger partial charge in [-0.15, -0.1) is 0 Å². The summed E-state index contributed by atoms with van der Waals surface area (Å²) in [5.74, 6) is -1.27. The molecule has 2 aromatic carbocycles. The molecule has 1 aliphatic rings. The Balaban J connectivity index is 1.70. The molecule has 1 unspecified atom stereocenters. The van der Waals surface area contributed by atoms with Gasteiger partial charge in [0.2, 0.25) is 17.8 Å². The lowest BCUT2D eigenvalue weighted by Gasteiger charge is -2.21. The molecule has 0 radical (unpaired) electrons. The average Bonchev–Trinajstić information content (AvgIpc) is 2.63. The molecule has 2 amide bonds. The van der Waals surface area contributed by atoms with Crippen LogP contribution in [0, 0.1) is 15.9 Å². The molecule has 2 aromatic rings. The summed E-state index contributed by atoms with van der Waals surface area (Å²) in [4.78, 5) is 38.5. The van der Waals surface area contributed by atoms with Crippen molar-refractivity contribution in [3.05, 3.63) is 64.5 Å². The smallest absolute Gasteiger partial charge is 0.269 e. The highest BCUT2D eigenvalue weighted by atomic mass is 19.1. The molecule has 138 valence electrons. The van der Waals surface area contributed by atoms with Gasteiger partial charge >= 0.3 is 0 Å². The van der Waals surface area contributed by atoms with E-state index >= 15 is 0 Å². The number of amides is 2. The lowest BCUT2D eigenvalue weighted by atomic mass is 10.1. The predicted octanol–water partition coefficient (Wildman–Crippen LogP) is 2.03. The number of nitrogens with zero attached hydrogens (tertiary/aromatic N) is 2. The largest absolute Gasteiger partial charge is 0.326 e. The lowest BCUT2D eigenvalue weighted by molar-refractivity contribution is -0.384. The summed E-state index contributed by atoms with van der Waals surface area (Å²) in [6.45, 7) is 0. The standard InChI is InChI=1S/C17H14FN5O4/c18-10-1-3-12(4-2-10)20-17-21-14(9-15(24)22-17)16(25)19-11-5-7-13(8-6-11)23(26)27/h1-8,14H,9H2,(H,19,25)(H2,20,21,22,24). The van der Waals surface area contributed by atoms with Crippen molar-refractivity contribution in [2.24, 2.45) is 4.99 Å². The van der Waals surface area contributed by atoms with E-state index in [1.807, 2.05) is 0 Å². The fraction of sp³-hybridized carbons (Fsp3) is 0.118. The Bertz CT molecular complexity index is 912. The number of nitro benzene ring substituents is 1. The van der Waals surface area contributed by atoms with E-state index in [2.05, 4.69) is 20.9 Å². The number of non-ortho nitro benzene ring substituents is 1. The number of rotatable bonds is 4. The molecule has 0 bridgehead atoms. The summed E-state index contributed by atoms with van der Waals surface area (Å²) >= 11 is 0. The molecule has 3 rings (SSSR count). The van der Waals surface area contributed by atoms with Gasteiger partial charge in [-0.3, -0.25) is 25.0 Å². The molecule has 0 saturated carbocycles. The van der Waals surface area contributed by atoms with E-state index in [-0.39, 0.29) is 18.1 Å². The summed E-state index contributed by atoms with van der Waals surface area (Å²) in [6.07, 6.45) is -0.145. The average molecular weight is 371 g/mol. The Morgan fingerprint density at radius 2 is 1.78 bits per heavy atom. The topological polar surface area (TPSA) is 126 Å². The quantitative estimate of drug-likeness (QED) is 0.560. The van der Waals surface area contributed by atoms with Crippen molar-refractivity contribution in [3.8, 4) is 0 Å². The SMILES string of the molecule is O=C1CC(C(=O)Nc2ccc([N+](=O)[O-])cc2)N=C(Nc2ccc(F)cc2)N1. The van der Waals surface area contributed by atoms with Crippen molar-refractivity contribution in [2.45, 2.75) is 12.5 Å². The Hall–Kier alpha value is -3.82. The van der Waals surface area contributed by atoms with Gasteiger partial charge in [0.25, 0.3) is 5.69 Å². The van der Waals surface area contributed by atoms with E-state index in [0.717, 1.165) is 0 Å². The number of carbonyl (C=O) groups excluding carboxylic acids is 2. The van der Waals surface area contributed by atoms with Gasteiger partial charge in [0.15, 0.2) is 0 Å². The number of benzene rings is 2. The highest BCUT2D eigenvalue weighted by Gasteiger charge is 2.27. The van der Waals surface area contributed by atoms with Gasteiger partial charge in [-0.1, -0.05) is 0 Å². The first-order valence-corrected chi connectivity index (χ1v) is 7.86. The van der Waals surface area contributed by atoms with E-state index in [1.165, 1.54) is 48.5 Å². The molecule has 10 heteroatoms. The highest BCUT2D eigenvalue weighted by molar-refractivity contribution is 6.10. The van der Waals surface area contributed by atoms with Crippen molar-refractivity contribution in [1.29, 1.82) is 0 Å². The van der Waals surface area contributed by atoms with Gasteiger partial charge in [-0.2, -0.15) is 0 Å². The van der Waals surface area contributed by atoms with Gasteiger partial charge in [0.05, 0.1) is 11.3 Å². The third kappa shape index (κ3) is 4.63. The maximum atomic E-state index is 13.0. The van der Waals surface area contributed by atoms with Gasteiger partial charge in [-0.05, 0) is 36.4 Å². The first kappa shape index (κ1) is 18.0. The van der Waals surface area contributed by atoms with E-state index in [0.29, 0.717) is 11.4 Å². The van der Waals surface area contributed by atoms with Gasteiger partial charge in [0.1, 0.15) is 11.9 Å². The van der Waals surface area contributed by atoms with E-state index in [1.54, 1.807) is 0 Å². The normalized spacial score (nSPS) is 16.1. The summed E-state index contributed by atoms with van der Waals surface area (Å²) in [7, 11) is 0. The maximum absolute atomic E-state index is 13.0. The molecule has 0 spiro atoms. The number of anilines is 2. The zero-order valence-corrected chi connectivity index (χ0v) is 13.8. The first-order chi connectivity index (χ1) is 12.9. The summed E-state index contributed by atoms with van der Waals surface area (Å²) in [5, 5.41) is 18.5. The third-order valence-corrected chi connectivity index (χ3v) is 3.68. The van der Waals surface area contributed by atoms with Crippen LogP contribution in [0.1, 0.15) is 6.42 Å². The van der Waals surface area contributed by atoms with Crippen molar-refractivity contribution in [3.63, 3.8) is 0 Å². The van der Waals surface area contributed by atoms with E-state index in [4.69, 9.17) is 0 Å². The number of nitro groups is 1. The maximum Gasteiger partial charge on any atom is 0.269 e. The minimum absolute atomic E-state index is 0.0710. The molecule has 3 N–H and O–H groups in total. The fourth-order valence-electron chi connectivity index (χ4n) is 2.37. The Labute approximate surface area is 152 Å². The Morgan fingerprint density at radius 3 is 2.41 bits per heavy atom. The molecule has 1 heterocycles. The lowest BCUT2D eigenvalue weighted by Crippen LogP contribution is -2.45. The third-order valence-electron chi connectivity index (χ3n) is 3.68. The van der Waals surface area contributed by atoms with Crippen LogP contribution in [0.15, 0.2) is 53.5 Å². The fourth-order valence-corrected chi connectivity index (χ4v) is 2.37. The Morgan fingerprint density at radius 1 is 1.15 bits per heavy atom. The molecule has 0 saturated heterocycles. The van der Waals surface area contributed by atoms with Crippen LogP contribution < -0.4 is 16.0 Å². The summed E-state index contributed by atoms with van der Waals surface area (Å²) in [6, 6.07) is 9.73. The first-order valence-electron chi connectivity index (χ1n) is 7.86. The number of carbonyl (C=O) groups is 2. The monoisotopic (exact) mass is 371 g/mol. The van der Waals surface area contributed by atoms with Gasteiger partial charge in [-0.25, -0.2) is 9.38 Å². The van der Waals surface area contributed by atoms with E-state index in [9.17, 15) is 24.1 Å². The van der Waals surface area contributed by atoms with Crippen LogP contribution in [0.5, 0.6) is 0 Å². The second-order valence-corrected chi connectivity index (χ2v) is 5.67. The zero-order chi connectivity index (χ0) is 19.4. The van der Waals surface area contributed by atoms with E-state index < -0.39 is 28.6 Å². The van der Waals surface area contributed by atoms with Crippen LogP contribution in [0.4, 0.5) is 21.5 Å². The van der Waals surface area contributed by atoms with Crippen molar-refractivity contribution >= 4 is 34.8 Å². The minimum atomic E-state index is -0.975. The van der Waals surface area contributed by atoms with Crippen LogP contribution >= 0.6 is 0 Å². The van der Waals surface area contributed by atoms with Crippen LogP contribution in [-0.4, -0.2) is 28.7 Å². The van der Waals surface area contributed by atoms with Crippen LogP contribution in [0.3, 0.4) is 0 Å². The second kappa shape index (κ2) is 7.60. The molecule has 0 aliphatic carbocycles. The predicted molar refractivity (Wildman–Crippen MR) is 95.7 cm³/mol. The highest BCUT2D eigenvalue weighted by Crippen LogP contribution is 2.17. The number of hydrogen-bond acceptors (Lipinski definition) is 6. The minimum Gasteiger partial charge on any atom is -0.326 e. The second-order valence-electron chi connectivity index (χ2n) is 5.67. The molecule has 0 aromatic heterocycles.